The van der Waals surface area contributed by atoms with Crippen molar-refractivity contribution in [3.8, 4) is 5.75 Å². The number of aromatic nitrogens is 2. The van der Waals surface area contributed by atoms with Crippen molar-refractivity contribution in [3.63, 3.8) is 0 Å². The summed E-state index contributed by atoms with van der Waals surface area (Å²) in [6.45, 7) is 4.46. The maximum atomic E-state index is 5.86. The number of halogens is 1. The maximum absolute atomic E-state index is 5.86. The highest BCUT2D eigenvalue weighted by Gasteiger charge is 2.12. The van der Waals surface area contributed by atoms with Crippen LogP contribution in [0.25, 0.3) is 0 Å². The van der Waals surface area contributed by atoms with Gasteiger partial charge >= 0.3 is 0 Å². The van der Waals surface area contributed by atoms with Crippen molar-refractivity contribution in [1.29, 1.82) is 0 Å². The van der Waals surface area contributed by atoms with Crippen molar-refractivity contribution in [2.45, 2.75) is 39.3 Å². The second-order valence-electron chi connectivity index (χ2n) is 4.84. The molecule has 114 valence electrons. The summed E-state index contributed by atoms with van der Waals surface area (Å²) in [5.74, 6) is 2.05. The van der Waals surface area contributed by atoms with E-state index in [2.05, 4.69) is 45.2 Å². The van der Waals surface area contributed by atoms with E-state index >= 15 is 0 Å². The van der Waals surface area contributed by atoms with E-state index in [1.807, 2.05) is 25.2 Å². The molecular formula is C15H20BrN3O2. The van der Waals surface area contributed by atoms with Crippen LogP contribution >= 0.6 is 15.9 Å². The molecule has 0 spiro atoms. The zero-order valence-corrected chi connectivity index (χ0v) is 14.1. The Morgan fingerprint density at radius 2 is 2.24 bits per heavy atom. The average molecular weight is 354 g/mol. The van der Waals surface area contributed by atoms with Crippen LogP contribution in [0.3, 0.4) is 0 Å². The lowest BCUT2D eigenvalue weighted by molar-refractivity contribution is 0.280. The summed E-state index contributed by atoms with van der Waals surface area (Å²) >= 11 is 3.47. The van der Waals surface area contributed by atoms with Gasteiger partial charge < -0.3 is 14.6 Å². The van der Waals surface area contributed by atoms with Gasteiger partial charge in [-0.1, -0.05) is 34.1 Å². The molecule has 0 amide bonds. The number of nitrogens with zero attached hydrogens (tertiary/aromatic N) is 2. The van der Waals surface area contributed by atoms with Crippen LogP contribution in [0.2, 0.25) is 0 Å². The van der Waals surface area contributed by atoms with Gasteiger partial charge in [-0.2, -0.15) is 4.98 Å². The molecule has 1 atom stereocenters. The molecular weight excluding hydrogens is 334 g/mol. The highest BCUT2D eigenvalue weighted by Crippen LogP contribution is 2.29. The second-order valence-corrected chi connectivity index (χ2v) is 5.75. The molecule has 0 fully saturated rings. The minimum Gasteiger partial charge on any atom is -0.485 e. The van der Waals surface area contributed by atoms with Gasteiger partial charge in [0.1, 0.15) is 5.75 Å². The van der Waals surface area contributed by atoms with Crippen molar-refractivity contribution in [1.82, 2.24) is 15.5 Å². The maximum Gasteiger partial charge on any atom is 0.226 e. The van der Waals surface area contributed by atoms with Crippen LogP contribution in [0.15, 0.2) is 27.2 Å². The largest absolute Gasteiger partial charge is 0.485 e. The second kappa shape index (κ2) is 7.56. The van der Waals surface area contributed by atoms with Crippen LogP contribution < -0.4 is 10.1 Å². The summed E-state index contributed by atoms with van der Waals surface area (Å²) in [6.07, 6.45) is 1.78. The molecule has 0 aliphatic heterocycles. The summed E-state index contributed by atoms with van der Waals surface area (Å²) in [7, 11) is 1.92. The first kappa shape index (κ1) is 16.0. The van der Waals surface area contributed by atoms with Gasteiger partial charge in [-0.15, -0.1) is 0 Å². The van der Waals surface area contributed by atoms with Gasteiger partial charge in [-0.3, -0.25) is 0 Å². The lowest BCUT2D eigenvalue weighted by Crippen LogP contribution is -2.14. The number of nitrogens with one attached hydrogen (secondary N) is 1. The van der Waals surface area contributed by atoms with Gasteiger partial charge in [-0.05, 0) is 32.5 Å². The molecule has 0 saturated carbocycles. The Balaban J connectivity index is 2.09. The third-order valence-electron chi connectivity index (χ3n) is 3.21. The lowest BCUT2D eigenvalue weighted by Gasteiger charge is -2.16. The van der Waals surface area contributed by atoms with Gasteiger partial charge in [0, 0.05) is 22.5 Å². The summed E-state index contributed by atoms with van der Waals surface area (Å²) in [6, 6.07) is 6.20. The Morgan fingerprint density at radius 3 is 2.95 bits per heavy atom. The average Bonchev–Trinajstić information content (AvgIpc) is 2.92. The van der Waals surface area contributed by atoms with E-state index in [1.165, 1.54) is 0 Å². The predicted molar refractivity (Wildman–Crippen MR) is 84.2 cm³/mol. The third-order valence-corrected chi connectivity index (χ3v) is 3.70. The fourth-order valence-corrected chi connectivity index (χ4v) is 2.29. The minimum absolute atomic E-state index is 0.203. The molecule has 0 saturated heterocycles. The zero-order chi connectivity index (χ0) is 15.2. The van der Waals surface area contributed by atoms with Gasteiger partial charge in [0.05, 0.1) is 0 Å². The molecule has 1 aromatic carbocycles. The number of rotatable bonds is 7. The molecule has 0 aliphatic rings. The smallest absolute Gasteiger partial charge is 0.226 e. The molecule has 2 aromatic rings. The molecule has 0 bridgehead atoms. The molecule has 1 heterocycles. The van der Waals surface area contributed by atoms with Crippen molar-refractivity contribution >= 4 is 15.9 Å². The zero-order valence-electron chi connectivity index (χ0n) is 12.5. The number of hydrogen-bond donors (Lipinski definition) is 1. The molecule has 1 aromatic heterocycles. The number of hydrogen-bond acceptors (Lipinski definition) is 5. The van der Waals surface area contributed by atoms with Crippen LogP contribution in [-0.4, -0.2) is 17.2 Å². The standard InChI is InChI=1S/C15H20BrN3O2/c1-4-5-15-18-14(19-21-15)9-20-13-8-11(16)6-7-12(13)10(2)17-3/h6-8,10,17H,4-5,9H2,1-3H3. The summed E-state index contributed by atoms with van der Waals surface area (Å²) < 4.78 is 12.0. The fourth-order valence-electron chi connectivity index (χ4n) is 1.95. The van der Waals surface area contributed by atoms with Gasteiger partial charge in [0.2, 0.25) is 11.7 Å². The molecule has 1 N–H and O–H groups in total. The number of benzene rings is 1. The first-order valence-electron chi connectivity index (χ1n) is 7.05. The Morgan fingerprint density at radius 1 is 1.43 bits per heavy atom. The van der Waals surface area contributed by atoms with Crippen molar-refractivity contribution in [3.05, 3.63) is 40.0 Å². The van der Waals surface area contributed by atoms with Crippen LogP contribution in [-0.2, 0) is 13.0 Å². The topological polar surface area (TPSA) is 60.2 Å². The molecule has 6 heteroatoms. The predicted octanol–water partition coefficient (Wildman–Crippen LogP) is 3.64. The molecule has 2 rings (SSSR count). The Hall–Kier alpha value is -1.40. The molecule has 5 nitrogen and oxygen atoms in total. The fraction of sp³-hybridized carbons (Fsp3) is 0.467. The summed E-state index contributed by atoms with van der Waals surface area (Å²) in [5.41, 5.74) is 1.10. The molecule has 0 aliphatic carbocycles. The van der Waals surface area contributed by atoms with Gasteiger partial charge in [0.15, 0.2) is 6.61 Å². The van der Waals surface area contributed by atoms with Crippen molar-refractivity contribution in [2.75, 3.05) is 7.05 Å². The SMILES string of the molecule is CCCc1nc(COc2cc(Br)ccc2C(C)NC)no1. The van der Waals surface area contributed by atoms with E-state index in [0.29, 0.717) is 18.3 Å². The van der Waals surface area contributed by atoms with E-state index in [4.69, 9.17) is 9.26 Å². The van der Waals surface area contributed by atoms with Crippen molar-refractivity contribution < 1.29 is 9.26 Å². The minimum atomic E-state index is 0.203. The van der Waals surface area contributed by atoms with Crippen molar-refractivity contribution in [2.24, 2.45) is 0 Å². The van der Waals surface area contributed by atoms with E-state index in [-0.39, 0.29) is 6.04 Å². The highest BCUT2D eigenvalue weighted by molar-refractivity contribution is 9.10. The third kappa shape index (κ3) is 4.28. The van der Waals surface area contributed by atoms with E-state index in [0.717, 1.165) is 28.6 Å². The lowest BCUT2D eigenvalue weighted by atomic mass is 10.1. The quantitative estimate of drug-likeness (QED) is 0.823. The van der Waals surface area contributed by atoms with E-state index in [9.17, 15) is 0 Å². The first-order chi connectivity index (χ1) is 10.1. The summed E-state index contributed by atoms with van der Waals surface area (Å²) in [5, 5.41) is 7.14. The highest BCUT2D eigenvalue weighted by atomic mass is 79.9. The molecule has 21 heavy (non-hydrogen) atoms. The van der Waals surface area contributed by atoms with Crippen LogP contribution in [0, 0.1) is 0 Å². The van der Waals surface area contributed by atoms with Crippen LogP contribution in [0.1, 0.15) is 43.6 Å². The van der Waals surface area contributed by atoms with E-state index in [1.54, 1.807) is 0 Å². The molecule has 1 unspecified atom stereocenters. The number of aryl methyl sites for hydroxylation is 1. The Labute approximate surface area is 133 Å². The Bertz CT molecular complexity index is 586. The normalized spacial score (nSPS) is 12.4. The van der Waals surface area contributed by atoms with Crippen LogP contribution in [0.4, 0.5) is 0 Å². The summed E-state index contributed by atoms with van der Waals surface area (Å²) in [4.78, 5) is 4.30. The van der Waals surface area contributed by atoms with Crippen LogP contribution in [0.5, 0.6) is 5.75 Å². The molecule has 0 radical (unpaired) electrons. The monoisotopic (exact) mass is 353 g/mol. The van der Waals surface area contributed by atoms with Gasteiger partial charge in [0.25, 0.3) is 0 Å². The number of ether oxygens (including phenoxy) is 1. The first-order valence-corrected chi connectivity index (χ1v) is 7.84. The Kier molecular flexibility index (Phi) is 5.76. The van der Waals surface area contributed by atoms with Gasteiger partial charge in [-0.25, -0.2) is 0 Å². The van der Waals surface area contributed by atoms with E-state index < -0.39 is 0 Å².